The Kier molecular flexibility index (Phi) is 14.7. The molecule has 0 aromatic heterocycles. The molecule has 0 radical (unpaired) electrons. The molecule has 0 saturated heterocycles. The van der Waals surface area contributed by atoms with Gasteiger partial charge in [0.2, 0.25) is 0 Å². The molecule has 176 valence electrons. The summed E-state index contributed by atoms with van der Waals surface area (Å²) < 4.78 is 11.0. The lowest BCUT2D eigenvalue weighted by molar-refractivity contribution is -0.125. The van der Waals surface area contributed by atoms with E-state index in [2.05, 4.69) is 16.9 Å². The molecular formula is C26H36ClNO4. The number of carbonyl (C=O) groups is 2. The normalized spacial score (nSPS) is 16.9. The van der Waals surface area contributed by atoms with Crippen LogP contribution in [-0.2, 0) is 9.59 Å². The van der Waals surface area contributed by atoms with Crippen LogP contribution in [0.4, 0.5) is 0 Å². The van der Waals surface area contributed by atoms with Gasteiger partial charge in [0.15, 0.2) is 12.4 Å². The van der Waals surface area contributed by atoms with Crippen molar-refractivity contribution in [3.63, 3.8) is 0 Å². The molecule has 0 bridgehead atoms. The van der Waals surface area contributed by atoms with Crippen molar-refractivity contribution >= 4 is 23.3 Å². The third kappa shape index (κ3) is 11.2. The average Bonchev–Trinajstić information content (AvgIpc) is 2.86. The summed E-state index contributed by atoms with van der Waals surface area (Å²) in [7, 11) is 0. The van der Waals surface area contributed by atoms with E-state index in [0.29, 0.717) is 18.1 Å². The molecule has 2 aromatic carbocycles. The highest BCUT2D eigenvalue weighted by Crippen LogP contribution is 2.27. The SMILES string of the molecule is CC.CCl.O=C(COc1ccccc1)CC1CCC(NC(=O)COc2ccccc2)CC1. The molecule has 2 aromatic rings. The zero-order valence-electron chi connectivity index (χ0n) is 19.4. The van der Waals surface area contributed by atoms with Crippen LogP contribution in [0.1, 0.15) is 46.0 Å². The van der Waals surface area contributed by atoms with Crippen LogP contribution < -0.4 is 14.8 Å². The molecule has 5 nitrogen and oxygen atoms in total. The summed E-state index contributed by atoms with van der Waals surface area (Å²) in [5.41, 5.74) is 0. The fourth-order valence-corrected chi connectivity index (χ4v) is 3.51. The highest BCUT2D eigenvalue weighted by Gasteiger charge is 2.24. The quantitative estimate of drug-likeness (QED) is 0.489. The van der Waals surface area contributed by atoms with Crippen LogP contribution in [0.15, 0.2) is 60.7 Å². The van der Waals surface area contributed by atoms with E-state index in [4.69, 9.17) is 9.47 Å². The Morgan fingerprint density at radius 3 is 1.78 bits per heavy atom. The maximum Gasteiger partial charge on any atom is 0.258 e. The fraction of sp³-hybridized carbons (Fsp3) is 0.462. The largest absolute Gasteiger partial charge is 0.486 e. The van der Waals surface area contributed by atoms with Crippen molar-refractivity contribution in [1.29, 1.82) is 0 Å². The molecule has 3 rings (SSSR count). The van der Waals surface area contributed by atoms with E-state index >= 15 is 0 Å². The number of halogens is 1. The third-order valence-electron chi connectivity index (χ3n) is 4.98. The summed E-state index contributed by atoms with van der Waals surface area (Å²) in [5.74, 6) is 1.82. The van der Waals surface area contributed by atoms with Crippen molar-refractivity contribution in [1.82, 2.24) is 5.32 Å². The monoisotopic (exact) mass is 461 g/mol. The molecule has 0 spiro atoms. The zero-order valence-corrected chi connectivity index (χ0v) is 20.1. The van der Waals surface area contributed by atoms with Gasteiger partial charge in [-0.25, -0.2) is 0 Å². The first-order chi connectivity index (χ1) is 15.7. The third-order valence-corrected chi connectivity index (χ3v) is 4.98. The molecule has 1 fully saturated rings. The summed E-state index contributed by atoms with van der Waals surface area (Å²) in [6.07, 6.45) is 5.71. The molecule has 0 atom stereocenters. The van der Waals surface area contributed by atoms with Gasteiger partial charge in [0.25, 0.3) is 5.91 Å². The maximum atomic E-state index is 12.2. The summed E-state index contributed by atoms with van der Waals surface area (Å²) in [6, 6.07) is 18.9. The predicted molar refractivity (Wildman–Crippen MR) is 131 cm³/mol. The van der Waals surface area contributed by atoms with Crippen molar-refractivity contribution < 1.29 is 19.1 Å². The molecule has 1 N–H and O–H groups in total. The van der Waals surface area contributed by atoms with Crippen LogP contribution in [0, 0.1) is 5.92 Å². The van der Waals surface area contributed by atoms with Gasteiger partial charge in [0.05, 0.1) is 0 Å². The number of para-hydroxylation sites is 2. The molecule has 6 heteroatoms. The Bertz CT molecular complexity index is 681. The number of hydrogen-bond acceptors (Lipinski definition) is 4. The topological polar surface area (TPSA) is 64.6 Å². The van der Waals surface area contributed by atoms with E-state index in [1.807, 2.05) is 74.5 Å². The lowest BCUT2D eigenvalue weighted by Gasteiger charge is -2.28. The highest BCUT2D eigenvalue weighted by molar-refractivity contribution is 6.15. The summed E-state index contributed by atoms with van der Waals surface area (Å²) >= 11 is 4.64. The van der Waals surface area contributed by atoms with Crippen LogP contribution in [0.3, 0.4) is 0 Å². The van der Waals surface area contributed by atoms with Gasteiger partial charge in [-0.3, -0.25) is 9.59 Å². The first-order valence-corrected chi connectivity index (χ1v) is 12.0. The van der Waals surface area contributed by atoms with Gasteiger partial charge in [0, 0.05) is 18.8 Å². The lowest BCUT2D eigenvalue weighted by Crippen LogP contribution is -2.40. The van der Waals surface area contributed by atoms with Gasteiger partial charge in [-0.05, 0) is 55.9 Å². The van der Waals surface area contributed by atoms with Crippen LogP contribution >= 0.6 is 11.6 Å². The molecule has 0 heterocycles. The van der Waals surface area contributed by atoms with Gasteiger partial charge < -0.3 is 14.8 Å². The van der Waals surface area contributed by atoms with Crippen LogP contribution in [0.25, 0.3) is 0 Å². The Balaban J connectivity index is 0.00000121. The van der Waals surface area contributed by atoms with Gasteiger partial charge in [-0.15, -0.1) is 11.6 Å². The molecule has 32 heavy (non-hydrogen) atoms. The highest BCUT2D eigenvalue weighted by atomic mass is 35.5. The second-order valence-corrected chi connectivity index (χ2v) is 7.23. The van der Waals surface area contributed by atoms with Gasteiger partial charge in [0.1, 0.15) is 18.1 Å². The van der Waals surface area contributed by atoms with E-state index in [-0.39, 0.29) is 30.9 Å². The van der Waals surface area contributed by atoms with Gasteiger partial charge in [-0.2, -0.15) is 0 Å². The number of benzene rings is 2. The van der Waals surface area contributed by atoms with E-state index in [1.54, 1.807) is 0 Å². The molecule has 0 aliphatic heterocycles. The number of rotatable bonds is 9. The minimum Gasteiger partial charge on any atom is -0.486 e. The molecule has 0 unspecified atom stereocenters. The van der Waals surface area contributed by atoms with Crippen molar-refractivity contribution in [3.05, 3.63) is 60.7 Å². The maximum absolute atomic E-state index is 12.2. The molecule has 1 saturated carbocycles. The number of amides is 1. The number of alkyl halides is 1. The second-order valence-electron chi connectivity index (χ2n) is 7.23. The van der Waals surface area contributed by atoms with Crippen molar-refractivity contribution in [2.75, 3.05) is 19.6 Å². The smallest absolute Gasteiger partial charge is 0.258 e. The fourth-order valence-electron chi connectivity index (χ4n) is 3.51. The van der Waals surface area contributed by atoms with Crippen molar-refractivity contribution in [2.45, 2.75) is 52.0 Å². The van der Waals surface area contributed by atoms with Crippen molar-refractivity contribution in [3.8, 4) is 11.5 Å². The van der Waals surface area contributed by atoms with E-state index in [0.717, 1.165) is 31.4 Å². The molecule has 1 aliphatic rings. The van der Waals surface area contributed by atoms with Gasteiger partial charge in [-0.1, -0.05) is 50.2 Å². The van der Waals surface area contributed by atoms with Crippen LogP contribution in [0.5, 0.6) is 11.5 Å². The number of carbonyl (C=O) groups excluding carboxylic acids is 2. The van der Waals surface area contributed by atoms with Crippen molar-refractivity contribution in [2.24, 2.45) is 5.92 Å². The summed E-state index contributed by atoms with van der Waals surface area (Å²) in [5, 5.41) is 3.04. The van der Waals surface area contributed by atoms with E-state index in [9.17, 15) is 9.59 Å². The Morgan fingerprint density at radius 2 is 1.28 bits per heavy atom. The first-order valence-electron chi connectivity index (χ1n) is 11.2. The molecule has 1 aliphatic carbocycles. The minimum atomic E-state index is -0.0976. The standard InChI is InChI=1S/C23H27NO4.C2H6.CH3Cl/c25-20(16-27-21-7-3-1-4-8-21)15-18-11-13-19(14-12-18)24-23(26)17-28-22-9-5-2-6-10-22;2*1-2/h1-10,18-19H,11-17H2,(H,24,26);1-2H3;1H3. The Hall–Kier alpha value is -2.53. The second kappa shape index (κ2) is 17.1. The number of nitrogens with one attached hydrogen (secondary N) is 1. The van der Waals surface area contributed by atoms with Crippen LogP contribution in [0.2, 0.25) is 0 Å². The Morgan fingerprint density at radius 1 is 0.812 bits per heavy atom. The average molecular weight is 462 g/mol. The van der Waals surface area contributed by atoms with E-state index in [1.165, 1.54) is 6.38 Å². The summed E-state index contributed by atoms with van der Waals surface area (Å²) in [4.78, 5) is 24.2. The van der Waals surface area contributed by atoms with Gasteiger partial charge >= 0.3 is 0 Å². The number of Topliss-reactive ketones (excluding diaryl/α,β-unsaturated/α-hetero) is 1. The zero-order chi connectivity index (χ0) is 23.6. The molecular weight excluding hydrogens is 426 g/mol. The molecule has 1 amide bonds. The number of ether oxygens (including phenoxy) is 2. The summed E-state index contributed by atoms with van der Waals surface area (Å²) in [6.45, 7) is 4.15. The van der Waals surface area contributed by atoms with E-state index < -0.39 is 0 Å². The minimum absolute atomic E-state index is 0.0270. The number of ketones is 1. The number of hydrogen-bond donors (Lipinski definition) is 1. The first kappa shape index (κ1) is 27.5. The predicted octanol–water partition coefficient (Wildman–Crippen LogP) is 5.66. The lowest BCUT2D eigenvalue weighted by atomic mass is 9.83. The Labute approximate surface area is 197 Å². The van der Waals surface area contributed by atoms with Crippen LogP contribution in [-0.4, -0.2) is 37.3 Å².